The Labute approximate surface area is 259 Å². The van der Waals surface area contributed by atoms with E-state index in [1.165, 1.54) is 33.9 Å². The second-order valence-corrected chi connectivity index (χ2v) is 12.9. The van der Waals surface area contributed by atoms with Crippen LogP contribution in [0.1, 0.15) is 69.1 Å². The molecule has 1 aromatic heterocycles. The number of ether oxygens (including phenoxy) is 2. The number of rotatable bonds is 10. The highest BCUT2D eigenvalue weighted by Crippen LogP contribution is 2.41. The number of methoxy groups -OCH3 is 1. The van der Waals surface area contributed by atoms with E-state index in [2.05, 4.69) is 5.10 Å². The Hall–Kier alpha value is -3.98. The van der Waals surface area contributed by atoms with E-state index < -0.39 is 22.1 Å². The molecule has 234 valence electrons. The molecular weight excluding hydrogens is 612 g/mol. The predicted octanol–water partition coefficient (Wildman–Crippen LogP) is 3.31. The van der Waals surface area contributed by atoms with E-state index in [-0.39, 0.29) is 59.2 Å². The van der Waals surface area contributed by atoms with E-state index in [1.54, 1.807) is 24.3 Å². The summed E-state index contributed by atoms with van der Waals surface area (Å²) >= 11 is 6.35. The molecular formula is C29H33ClN6O7S. The van der Waals surface area contributed by atoms with Crippen LogP contribution in [0.25, 0.3) is 0 Å². The molecule has 4 N–H and O–H groups in total. The van der Waals surface area contributed by atoms with Crippen LogP contribution < -0.4 is 15.2 Å². The third-order valence-electron chi connectivity index (χ3n) is 7.88. The molecule has 0 radical (unpaired) electrons. The van der Waals surface area contributed by atoms with Gasteiger partial charge in [-0.2, -0.15) is 26.8 Å². The summed E-state index contributed by atoms with van der Waals surface area (Å²) in [5.74, 6) is -2.13. The Morgan fingerprint density at radius 1 is 1.05 bits per heavy atom. The lowest BCUT2D eigenvalue weighted by atomic mass is 9.94. The fourth-order valence-electron chi connectivity index (χ4n) is 5.48. The van der Waals surface area contributed by atoms with Crippen molar-refractivity contribution in [3.8, 4) is 11.6 Å². The molecule has 3 aromatic rings. The van der Waals surface area contributed by atoms with Crippen molar-refractivity contribution in [1.29, 1.82) is 5.41 Å². The first kappa shape index (κ1) is 31.4. The van der Waals surface area contributed by atoms with Crippen molar-refractivity contribution >= 4 is 39.5 Å². The van der Waals surface area contributed by atoms with E-state index in [0.29, 0.717) is 42.8 Å². The second kappa shape index (κ2) is 12.9. The van der Waals surface area contributed by atoms with E-state index in [4.69, 9.17) is 32.2 Å². The van der Waals surface area contributed by atoms with Gasteiger partial charge in [0.1, 0.15) is 18.1 Å². The molecule has 0 amide bonds. The van der Waals surface area contributed by atoms with Gasteiger partial charge < -0.3 is 20.3 Å². The van der Waals surface area contributed by atoms with Crippen LogP contribution in [-0.2, 0) is 16.8 Å². The average Bonchev–Trinajstić information content (AvgIpc) is 3.69. The number of nitrogens with two attached hydrogens (primary N) is 1. The van der Waals surface area contributed by atoms with Crippen LogP contribution in [0, 0.1) is 5.41 Å². The topological polar surface area (TPSA) is 181 Å². The van der Waals surface area contributed by atoms with E-state index >= 15 is 0 Å². The standard InChI is InChI=1S/C29H33ClN6O7S/c1-42-25-24(19-11-15-35(16-12-19)44(40,41)34-13-2-3-14-34)33-36(27(37)21-5-4-6-22(23(21)30)29(38)39)28(25)43-17-18-7-9-20(10-8-18)26(31)32/h4-10,19H,2-3,11-17H2,1H3,(H3,31,32)(H,38,39). The maximum Gasteiger partial charge on any atom is 0.337 e. The number of nitrogen functional groups attached to an aromatic ring is 1. The van der Waals surface area contributed by atoms with E-state index in [9.17, 15) is 23.1 Å². The zero-order valence-corrected chi connectivity index (χ0v) is 25.6. The van der Waals surface area contributed by atoms with Crippen LogP contribution in [0.2, 0.25) is 5.02 Å². The minimum atomic E-state index is -3.55. The lowest BCUT2D eigenvalue weighted by Crippen LogP contribution is -2.45. The van der Waals surface area contributed by atoms with Gasteiger partial charge in [-0.05, 0) is 43.4 Å². The van der Waals surface area contributed by atoms with Gasteiger partial charge in [-0.25, -0.2) is 4.79 Å². The summed E-state index contributed by atoms with van der Waals surface area (Å²) in [5.41, 5.74) is 6.90. The molecule has 2 saturated heterocycles. The van der Waals surface area contributed by atoms with Gasteiger partial charge >= 0.3 is 5.97 Å². The summed E-state index contributed by atoms with van der Waals surface area (Å²) in [6.07, 6.45) is 2.58. The van der Waals surface area contributed by atoms with Gasteiger partial charge in [0.05, 0.1) is 23.3 Å². The highest BCUT2D eigenvalue weighted by molar-refractivity contribution is 7.86. The summed E-state index contributed by atoms with van der Waals surface area (Å²) in [4.78, 5) is 25.5. The van der Waals surface area contributed by atoms with Gasteiger partial charge in [0.15, 0.2) is 0 Å². The SMILES string of the molecule is COc1c(C2CCN(S(=O)(=O)N3CCCC3)CC2)nn(C(=O)c2cccc(C(=O)O)c2Cl)c1OCc1ccc(C(=N)N)cc1. The highest BCUT2D eigenvalue weighted by Gasteiger charge is 2.37. The van der Waals surface area contributed by atoms with Crippen LogP contribution in [0.5, 0.6) is 11.6 Å². The second-order valence-electron chi connectivity index (χ2n) is 10.6. The first-order valence-electron chi connectivity index (χ1n) is 14.1. The largest absolute Gasteiger partial charge is 0.490 e. The van der Waals surface area contributed by atoms with Crippen molar-refractivity contribution in [2.45, 2.75) is 38.2 Å². The zero-order chi connectivity index (χ0) is 31.6. The molecule has 2 fully saturated rings. The molecule has 0 spiro atoms. The molecule has 0 unspecified atom stereocenters. The van der Waals surface area contributed by atoms with Gasteiger partial charge in [-0.3, -0.25) is 10.2 Å². The van der Waals surface area contributed by atoms with Gasteiger partial charge in [-0.1, -0.05) is 41.9 Å². The number of amidine groups is 1. The number of carbonyl (C=O) groups is 2. The fraction of sp³-hybridized carbons (Fsp3) is 0.379. The van der Waals surface area contributed by atoms with Crippen molar-refractivity contribution in [3.05, 3.63) is 75.4 Å². The molecule has 2 aromatic carbocycles. The molecule has 0 atom stereocenters. The zero-order valence-electron chi connectivity index (χ0n) is 24.0. The summed E-state index contributed by atoms with van der Waals surface area (Å²) in [7, 11) is -2.13. The Morgan fingerprint density at radius 3 is 2.25 bits per heavy atom. The molecule has 13 nitrogen and oxygen atoms in total. The predicted molar refractivity (Wildman–Crippen MR) is 162 cm³/mol. The van der Waals surface area contributed by atoms with Gasteiger partial charge in [-0.15, -0.1) is 0 Å². The molecule has 5 rings (SSSR count). The number of halogens is 1. The smallest absolute Gasteiger partial charge is 0.337 e. The van der Waals surface area contributed by atoms with Crippen molar-refractivity contribution in [3.63, 3.8) is 0 Å². The monoisotopic (exact) mass is 644 g/mol. The van der Waals surface area contributed by atoms with Gasteiger partial charge in [0.25, 0.3) is 22.0 Å². The Kier molecular flexibility index (Phi) is 9.25. The summed E-state index contributed by atoms with van der Waals surface area (Å²) in [6, 6.07) is 10.9. The number of nitrogens with zero attached hydrogens (tertiary/aromatic N) is 4. The minimum Gasteiger partial charge on any atom is -0.490 e. The minimum absolute atomic E-state index is 0.00236. The van der Waals surface area contributed by atoms with Crippen LogP contribution in [-0.4, -0.2) is 82.9 Å². The Bertz CT molecular complexity index is 1680. The van der Waals surface area contributed by atoms with Gasteiger partial charge in [0, 0.05) is 37.7 Å². The number of benzene rings is 2. The molecule has 44 heavy (non-hydrogen) atoms. The number of carboxylic acid groups (broad SMARTS) is 1. The molecule has 0 bridgehead atoms. The van der Waals surface area contributed by atoms with Crippen LogP contribution in [0.15, 0.2) is 42.5 Å². The van der Waals surface area contributed by atoms with E-state index in [0.717, 1.165) is 17.5 Å². The number of aromatic carboxylic acids is 1. The molecule has 0 saturated carbocycles. The Morgan fingerprint density at radius 2 is 1.66 bits per heavy atom. The number of carbonyl (C=O) groups excluding carboxylic acids is 1. The maximum absolute atomic E-state index is 13.8. The first-order chi connectivity index (χ1) is 21.0. The maximum atomic E-state index is 13.8. The van der Waals surface area contributed by atoms with Crippen molar-refractivity contribution < 1.29 is 32.6 Å². The van der Waals surface area contributed by atoms with Crippen LogP contribution in [0.4, 0.5) is 0 Å². The summed E-state index contributed by atoms with van der Waals surface area (Å²) < 4.78 is 42.1. The average molecular weight is 645 g/mol. The van der Waals surface area contributed by atoms with Gasteiger partial charge in [0.2, 0.25) is 5.75 Å². The summed E-state index contributed by atoms with van der Waals surface area (Å²) in [6.45, 7) is 1.60. The number of carboxylic acids is 1. The summed E-state index contributed by atoms with van der Waals surface area (Å²) in [5, 5.41) is 21.5. The number of nitrogens with one attached hydrogen (secondary N) is 1. The van der Waals surface area contributed by atoms with Crippen molar-refractivity contribution in [1.82, 2.24) is 18.4 Å². The molecule has 15 heteroatoms. The third-order valence-corrected chi connectivity index (χ3v) is 10.3. The Balaban J connectivity index is 1.47. The van der Waals surface area contributed by atoms with Crippen LogP contribution >= 0.6 is 11.6 Å². The lowest BCUT2D eigenvalue weighted by molar-refractivity contribution is 0.0697. The third kappa shape index (κ3) is 6.15. The molecule has 3 heterocycles. The number of hydrogen-bond acceptors (Lipinski definition) is 8. The van der Waals surface area contributed by atoms with Crippen molar-refractivity contribution in [2.75, 3.05) is 33.3 Å². The normalized spacial score (nSPS) is 16.6. The van der Waals surface area contributed by atoms with Crippen molar-refractivity contribution in [2.24, 2.45) is 5.73 Å². The molecule has 0 aliphatic carbocycles. The first-order valence-corrected chi connectivity index (χ1v) is 15.8. The number of aromatic nitrogens is 2. The van der Waals surface area contributed by atoms with Crippen LogP contribution in [0.3, 0.4) is 0 Å². The number of hydrogen-bond donors (Lipinski definition) is 3. The quantitative estimate of drug-likeness (QED) is 0.220. The van der Waals surface area contributed by atoms with E-state index in [1.807, 2.05) is 0 Å². The number of piperidine rings is 1. The fourth-order valence-corrected chi connectivity index (χ4v) is 7.48. The lowest BCUT2D eigenvalue weighted by Gasteiger charge is -2.33. The molecule has 2 aliphatic heterocycles. The highest BCUT2D eigenvalue weighted by atomic mass is 35.5. The molecule has 2 aliphatic rings.